The van der Waals surface area contributed by atoms with Gasteiger partial charge in [0.1, 0.15) is 0 Å². The van der Waals surface area contributed by atoms with E-state index < -0.39 is 0 Å². The molecule has 0 atom stereocenters. The van der Waals surface area contributed by atoms with Gasteiger partial charge >= 0.3 is 6.03 Å². The molecule has 1 N–H and O–H groups in total. The highest BCUT2D eigenvalue weighted by atomic mass is 16.5. The van der Waals surface area contributed by atoms with Crippen molar-refractivity contribution in [3.05, 3.63) is 64.8 Å². The zero-order chi connectivity index (χ0) is 19.7. The summed E-state index contributed by atoms with van der Waals surface area (Å²) >= 11 is 0. The number of carbonyl (C=O) groups excluding carboxylic acids is 1. The topological polar surface area (TPSA) is 46.5 Å². The van der Waals surface area contributed by atoms with E-state index in [1.165, 1.54) is 33.2 Å². The molecule has 2 heterocycles. The van der Waals surface area contributed by atoms with Gasteiger partial charge in [-0.05, 0) is 60.7 Å². The van der Waals surface area contributed by atoms with E-state index >= 15 is 0 Å². The molecule has 0 saturated heterocycles. The molecule has 5 heteroatoms. The lowest BCUT2D eigenvalue weighted by atomic mass is 10.1. The van der Waals surface area contributed by atoms with Gasteiger partial charge in [-0.3, -0.25) is 0 Å². The number of nitrogens with one attached hydrogen (secondary N) is 1. The first-order valence-corrected chi connectivity index (χ1v) is 9.78. The van der Waals surface area contributed by atoms with E-state index in [0.717, 1.165) is 18.7 Å². The summed E-state index contributed by atoms with van der Waals surface area (Å²) in [6.45, 7) is 7.00. The maximum atomic E-state index is 12.9. The third-order valence-electron chi connectivity index (χ3n) is 5.66. The number of urea groups is 1. The van der Waals surface area contributed by atoms with Crippen LogP contribution in [0.25, 0.3) is 10.9 Å². The van der Waals surface area contributed by atoms with Gasteiger partial charge in [-0.25, -0.2) is 4.79 Å². The summed E-state index contributed by atoms with van der Waals surface area (Å²) in [5.41, 5.74) is 6.99. The second-order valence-corrected chi connectivity index (χ2v) is 7.55. The van der Waals surface area contributed by atoms with E-state index in [0.29, 0.717) is 19.7 Å². The number of rotatable bonds is 4. The van der Waals surface area contributed by atoms with Gasteiger partial charge in [-0.2, -0.15) is 0 Å². The van der Waals surface area contributed by atoms with Crippen LogP contribution in [0.5, 0.6) is 0 Å². The van der Waals surface area contributed by atoms with Crippen LogP contribution in [0, 0.1) is 13.8 Å². The first kappa shape index (κ1) is 18.6. The Labute approximate surface area is 165 Å². The van der Waals surface area contributed by atoms with E-state index in [9.17, 15) is 4.79 Å². The number of aromatic nitrogens is 1. The van der Waals surface area contributed by atoms with Crippen LogP contribution >= 0.6 is 0 Å². The number of anilines is 1. The monoisotopic (exact) mass is 377 g/mol. The minimum atomic E-state index is -0.0438. The molecule has 4 rings (SSSR count). The van der Waals surface area contributed by atoms with Crippen molar-refractivity contribution in [2.24, 2.45) is 0 Å². The van der Waals surface area contributed by atoms with Gasteiger partial charge < -0.3 is 19.5 Å². The van der Waals surface area contributed by atoms with Crippen molar-refractivity contribution in [1.29, 1.82) is 0 Å². The number of nitrogens with zero attached hydrogens (tertiary/aromatic N) is 2. The van der Waals surface area contributed by atoms with E-state index in [4.69, 9.17) is 4.74 Å². The third kappa shape index (κ3) is 3.50. The second kappa shape index (κ2) is 7.68. The van der Waals surface area contributed by atoms with Gasteiger partial charge in [-0.15, -0.1) is 0 Å². The van der Waals surface area contributed by atoms with E-state index in [-0.39, 0.29) is 6.03 Å². The minimum absolute atomic E-state index is 0.0438. The van der Waals surface area contributed by atoms with Gasteiger partial charge in [0.15, 0.2) is 0 Å². The normalized spacial score (nSPS) is 13.6. The maximum Gasteiger partial charge on any atom is 0.322 e. The lowest BCUT2D eigenvalue weighted by molar-refractivity contribution is 0.188. The summed E-state index contributed by atoms with van der Waals surface area (Å²) in [4.78, 5) is 14.8. The summed E-state index contributed by atoms with van der Waals surface area (Å²) in [6, 6.07) is 12.4. The first-order chi connectivity index (χ1) is 13.6. The molecule has 1 aromatic heterocycles. The molecule has 0 fully saturated rings. The van der Waals surface area contributed by atoms with Crippen molar-refractivity contribution in [2.45, 2.75) is 33.4 Å². The number of methoxy groups -OCH3 is 1. The highest BCUT2D eigenvalue weighted by molar-refractivity contribution is 5.92. The minimum Gasteiger partial charge on any atom is -0.383 e. The lowest BCUT2D eigenvalue weighted by Crippen LogP contribution is -2.35. The molecule has 0 bridgehead atoms. The summed E-state index contributed by atoms with van der Waals surface area (Å²) in [5, 5.41) is 4.35. The molecule has 0 unspecified atom stereocenters. The Bertz CT molecular complexity index is 1020. The lowest BCUT2D eigenvalue weighted by Gasteiger charge is -2.22. The van der Waals surface area contributed by atoms with Crippen LogP contribution in [0.3, 0.4) is 0 Å². The van der Waals surface area contributed by atoms with Gasteiger partial charge in [0.2, 0.25) is 0 Å². The van der Waals surface area contributed by atoms with Crippen LogP contribution in [-0.4, -0.2) is 35.8 Å². The van der Waals surface area contributed by atoms with Crippen molar-refractivity contribution < 1.29 is 9.53 Å². The Balaban J connectivity index is 1.57. The number of carbonyl (C=O) groups is 1. The second-order valence-electron chi connectivity index (χ2n) is 7.55. The summed E-state index contributed by atoms with van der Waals surface area (Å²) < 4.78 is 7.51. The number of ether oxygens (including phenoxy) is 1. The van der Waals surface area contributed by atoms with E-state index in [1.54, 1.807) is 7.11 Å². The van der Waals surface area contributed by atoms with Crippen LogP contribution in [0.1, 0.15) is 22.3 Å². The van der Waals surface area contributed by atoms with Crippen LogP contribution in [0.4, 0.5) is 10.5 Å². The van der Waals surface area contributed by atoms with Gasteiger partial charge in [0.25, 0.3) is 0 Å². The highest BCUT2D eigenvalue weighted by Crippen LogP contribution is 2.30. The molecule has 2 amide bonds. The van der Waals surface area contributed by atoms with Gasteiger partial charge in [0, 0.05) is 49.5 Å². The maximum absolute atomic E-state index is 12.9. The molecular weight excluding hydrogens is 350 g/mol. The van der Waals surface area contributed by atoms with Crippen molar-refractivity contribution >= 4 is 22.6 Å². The Hall–Kier alpha value is -2.79. The van der Waals surface area contributed by atoms with Crippen LogP contribution in [0.2, 0.25) is 0 Å². The van der Waals surface area contributed by atoms with Crippen LogP contribution in [-0.2, 0) is 24.2 Å². The summed E-state index contributed by atoms with van der Waals surface area (Å²) in [6.07, 6.45) is 3.08. The Morgan fingerprint density at radius 1 is 1.14 bits per heavy atom. The number of hydrogen-bond acceptors (Lipinski definition) is 2. The summed E-state index contributed by atoms with van der Waals surface area (Å²) in [5.74, 6) is 0. The number of benzene rings is 2. The smallest absolute Gasteiger partial charge is 0.322 e. The molecule has 146 valence electrons. The fraction of sp³-hybridized carbons (Fsp3) is 0.348. The Morgan fingerprint density at radius 2 is 2.00 bits per heavy atom. The number of hydrogen-bond donors (Lipinski definition) is 1. The molecule has 0 saturated carbocycles. The quantitative estimate of drug-likeness (QED) is 0.728. The Morgan fingerprint density at radius 3 is 2.79 bits per heavy atom. The largest absolute Gasteiger partial charge is 0.383 e. The highest BCUT2D eigenvalue weighted by Gasteiger charge is 2.22. The molecule has 0 radical (unpaired) electrons. The number of amides is 2. The predicted molar refractivity (Wildman–Crippen MR) is 113 cm³/mol. The van der Waals surface area contributed by atoms with E-state index in [2.05, 4.69) is 48.1 Å². The zero-order valence-electron chi connectivity index (χ0n) is 16.8. The van der Waals surface area contributed by atoms with Crippen LogP contribution in [0.15, 0.2) is 42.6 Å². The third-order valence-corrected chi connectivity index (χ3v) is 5.66. The Kier molecular flexibility index (Phi) is 5.09. The zero-order valence-corrected chi connectivity index (χ0v) is 16.8. The first-order valence-electron chi connectivity index (χ1n) is 9.78. The molecule has 5 nitrogen and oxygen atoms in total. The fourth-order valence-electron chi connectivity index (χ4n) is 3.95. The molecule has 0 aliphatic carbocycles. The van der Waals surface area contributed by atoms with Crippen LogP contribution < -0.4 is 5.32 Å². The van der Waals surface area contributed by atoms with Crippen molar-refractivity contribution in [3.8, 4) is 0 Å². The van der Waals surface area contributed by atoms with Crippen molar-refractivity contribution in [1.82, 2.24) is 9.47 Å². The summed E-state index contributed by atoms with van der Waals surface area (Å²) in [7, 11) is 1.73. The molecular formula is C23H27N3O2. The predicted octanol–water partition coefficient (Wildman–Crippen LogP) is 4.49. The fourth-order valence-corrected chi connectivity index (χ4v) is 3.95. The average Bonchev–Trinajstić information content (AvgIpc) is 2.93. The SMILES string of the molecule is COCCn1cc2c3c(cccc31)CN(C(=O)Nc1ccc(C)c(C)c1)CC2. The van der Waals surface area contributed by atoms with E-state index in [1.807, 2.05) is 23.1 Å². The molecule has 3 aromatic rings. The van der Waals surface area contributed by atoms with Crippen molar-refractivity contribution in [2.75, 3.05) is 25.6 Å². The number of aryl methyl sites for hydroxylation is 2. The molecule has 1 aliphatic heterocycles. The standard InChI is InChI=1S/C23H27N3O2/c1-16-7-8-20(13-17(16)2)24-23(27)26-10-9-19-14-25(11-12-28-3)21-6-4-5-18(15-26)22(19)21/h4-8,13-14H,9-12,15H2,1-3H3,(H,24,27). The average molecular weight is 377 g/mol. The van der Waals surface area contributed by atoms with Gasteiger partial charge in [-0.1, -0.05) is 18.2 Å². The molecule has 1 aliphatic rings. The molecule has 2 aromatic carbocycles. The van der Waals surface area contributed by atoms with Gasteiger partial charge in [0.05, 0.1) is 6.61 Å². The van der Waals surface area contributed by atoms with Crippen molar-refractivity contribution in [3.63, 3.8) is 0 Å². The molecule has 0 spiro atoms. The molecule has 28 heavy (non-hydrogen) atoms.